The minimum Gasteiger partial charge on any atom is -0.382 e. The standard InChI is InChI=1S/C16H26N2/c1-13-7-9-15(10-8-13)17-16-6-4-5-14(11-16)12-18(2)3/h4-6,11,13,15,17H,7-10,12H2,1-3H3. The summed E-state index contributed by atoms with van der Waals surface area (Å²) in [6, 6.07) is 9.52. The molecule has 0 aromatic heterocycles. The Morgan fingerprint density at radius 3 is 2.56 bits per heavy atom. The van der Waals surface area contributed by atoms with Gasteiger partial charge in [-0.1, -0.05) is 19.1 Å². The fraction of sp³-hybridized carbons (Fsp3) is 0.625. The fourth-order valence-corrected chi connectivity index (χ4v) is 2.76. The predicted molar refractivity (Wildman–Crippen MR) is 78.9 cm³/mol. The van der Waals surface area contributed by atoms with Crippen LogP contribution in [0.15, 0.2) is 24.3 Å². The van der Waals surface area contributed by atoms with Gasteiger partial charge in [0.1, 0.15) is 0 Å². The average Bonchev–Trinajstić information content (AvgIpc) is 2.32. The largest absolute Gasteiger partial charge is 0.382 e. The summed E-state index contributed by atoms with van der Waals surface area (Å²) in [6.07, 6.45) is 5.38. The molecule has 0 bridgehead atoms. The van der Waals surface area contributed by atoms with Gasteiger partial charge in [-0.15, -0.1) is 0 Å². The van der Waals surface area contributed by atoms with Crippen LogP contribution in [0.3, 0.4) is 0 Å². The maximum atomic E-state index is 3.70. The highest BCUT2D eigenvalue weighted by molar-refractivity contribution is 5.46. The molecule has 1 aliphatic carbocycles. The SMILES string of the molecule is CC1CCC(Nc2cccc(CN(C)C)c2)CC1. The third-order valence-electron chi connectivity index (χ3n) is 3.81. The van der Waals surface area contributed by atoms with Crippen LogP contribution in [0.25, 0.3) is 0 Å². The number of nitrogens with one attached hydrogen (secondary N) is 1. The second kappa shape index (κ2) is 6.24. The second-order valence-corrected chi connectivity index (χ2v) is 6.04. The van der Waals surface area contributed by atoms with Gasteiger partial charge < -0.3 is 10.2 Å². The van der Waals surface area contributed by atoms with Crippen molar-refractivity contribution in [1.29, 1.82) is 0 Å². The Labute approximate surface area is 111 Å². The number of anilines is 1. The van der Waals surface area contributed by atoms with Crippen molar-refractivity contribution >= 4 is 5.69 Å². The molecular weight excluding hydrogens is 220 g/mol. The van der Waals surface area contributed by atoms with Gasteiger partial charge in [0.25, 0.3) is 0 Å². The van der Waals surface area contributed by atoms with Crippen LogP contribution in [0.1, 0.15) is 38.2 Å². The zero-order valence-corrected chi connectivity index (χ0v) is 11.9. The molecule has 1 aromatic carbocycles. The molecule has 2 heteroatoms. The van der Waals surface area contributed by atoms with Crippen molar-refractivity contribution in [2.45, 2.75) is 45.2 Å². The molecule has 0 amide bonds. The van der Waals surface area contributed by atoms with Gasteiger partial charge in [-0.25, -0.2) is 0 Å². The molecule has 1 N–H and O–H groups in total. The van der Waals surface area contributed by atoms with Crippen molar-refractivity contribution in [2.75, 3.05) is 19.4 Å². The van der Waals surface area contributed by atoms with Crippen LogP contribution < -0.4 is 5.32 Å². The molecule has 0 spiro atoms. The summed E-state index contributed by atoms with van der Waals surface area (Å²) in [7, 11) is 4.23. The first kappa shape index (κ1) is 13.4. The highest BCUT2D eigenvalue weighted by Gasteiger charge is 2.17. The van der Waals surface area contributed by atoms with Gasteiger partial charge in [-0.2, -0.15) is 0 Å². The summed E-state index contributed by atoms with van der Waals surface area (Å²) < 4.78 is 0. The molecule has 0 unspecified atom stereocenters. The third-order valence-corrected chi connectivity index (χ3v) is 3.81. The molecule has 1 fully saturated rings. The Morgan fingerprint density at radius 1 is 1.17 bits per heavy atom. The van der Waals surface area contributed by atoms with Crippen molar-refractivity contribution in [2.24, 2.45) is 5.92 Å². The molecule has 0 atom stereocenters. The van der Waals surface area contributed by atoms with Gasteiger partial charge in [-0.3, -0.25) is 0 Å². The first-order valence-corrected chi connectivity index (χ1v) is 7.13. The Kier molecular flexibility index (Phi) is 4.65. The number of hydrogen-bond donors (Lipinski definition) is 1. The summed E-state index contributed by atoms with van der Waals surface area (Å²) in [6.45, 7) is 3.38. The summed E-state index contributed by atoms with van der Waals surface area (Å²) in [5, 5.41) is 3.70. The molecule has 0 aliphatic heterocycles. The van der Waals surface area contributed by atoms with E-state index in [1.54, 1.807) is 0 Å². The Bertz CT molecular complexity index is 365. The number of hydrogen-bond acceptors (Lipinski definition) is 2. The summed E-state index contributed by atoms with van der Waals surface area (Å²) in [4.78, 5) is 2.21. The van der Waals surface area contributed by atoms with E-state index in [4.69, 9.17) is 0 Å². The van der Waals surface area contributed by atoms with Gasteiger partial charge in [0, 0.05) is 18.3 Å². The van der Waals surface area contributed by atoms with Gasteiger partial charge in [0.15, 0.2) is 0 Å². The first-order valence-electron chi connectivity index (χ1n) is 7.13. The number of nitrogens with zero attached hydrogens (tertiary/aromatic N) is 1. The van der Waals surface area contributed by atoms with Gasteiger partial charge >= 0.3 is 0 Å². The quantitative estimate of drug-likeness (QED) is 0.870. The van der Waals surface area contributed by atoms with Crippen molar-refractivity contribution in [1.82, 2.24) is 4.90 Å². The molecule has 2 nitrogen and oxygen atoms in total. The molecular formula is C16H26N2. The van der Waals surface area contributed by atoms with Crippen LogP contribution in [0.4, 0.5) is 5.69 Å². The zero-order chi connectivity index (χ0) is 13.0. The lowest BCUT2D eigenvalue weighted by molar-refractivity contribution is 0.361. The van der Waals surface area contributed by atoms with E-state index in [1.165, 1.54) is 36.9 Å². The summed E-state index contributed by atoms with van der Waals surface area (Å²) >= 11 is 0. The monoisotopic (exact) mass is 246 g/mol. The van der Waals surface area contributed by atoms with Crippen LogP contribution in [0.2, 0.25) is 0 Å². The van der Waals surface area contributed by atoms with Crippen molar-refractivity contribution in [3.63, 3.8) is 0 Å². The molecule has 0 heterocycles. The third kappa shape index (κ3) is 4.02. The maximum Gasteiger partial charge on any atom is 0.0345 e. The van der Waals surface area contributed by atoms with E-state index < -0.39 is 0 Å². The maximum absolute atomic E-state index is 3.70. The highest BCUT2D eigenvalue weighted by atomic mass is 15.0. The lowest BCUT2D eigenvalue weighted by Gasteiger charge is -2.28. The minimum atomic E-state index is 0.677. The first-order chi connectivity index (χ1) is 8.63. The lowest BCUT2D eigenvalue weighted by atomic mass is 9.87. The Morgan fingerprint density at radius 2 is 1.89 bits per heavy atom. The summed E-state index contributed by atoms with van der Waals surface area (Å²) in [5.41, 5.74) is 2.67. The number of rotatable bonds is 4. The van der Waals surface area contributed by atoms with E-state index in [1.807, 2.05) is 0 Å². The van der Waals surface area contributed by atoms with Crippen LogP contribution in [-0.2, 0) is 6.54 Å². The molecule has 2 rings (SSSR count). The Balaban J connectivity index is 1.92. The fourth-order valence-electron chi connectivity index (χ4n) is 2.76. The minimum absolute atomic E-state index is 0.677. The second-order valence-electron chi connectivity index (χ2n) is 6.04. The van der Waals surface area contributed by atoms with Gasteiger partial charge in [0.2, 0.25) is 0 Å². The van der Waals surface area contributed by atoms with Crippen molar-refractivity contribution in [3.05, 3.63) is 29.8 Å². The van der Waals surface area contributed by atoms with Crippen molar-refractivity contribution < 1.29 is 0 Å². The van der Waals surface area contributed by atoms with E-state index in [0.717, 1.165) is 12.5 Å². The number of benzene rings is 1. The normalized spacial score (nSPS) is 24.2. The van der Waals surface area contributed by atoms with Gasteiger partial charge in [0.05, 0.1) is 0 Å². The van der Waals surface area contributed by atoms with Crippen LogP contribution in [0.5, 0.6) is 0 Å². The molecule has 18 heavy (non-hydrogen) atoms. The smallest absolute Gasteiger partial charge is 0.0345 e. The molecule has 100 valence electrons. The molecule has 1 aromatic rings. The summed E-state index contributed by atoms with van der Waals surface area (Å²) in [5.74, 6) is 0.920. The highest BCUT2D eigenvalue weighted by Crippen LogP contribution is 2.26. The van der Waals surface area contributed by atoms with Crippen LogP contribution in [-0.4, -0.2) is 25.0 Å². The van der Waals surface area contributed by atoms with E-state index >= 15 is 0 Å². The molecule has 1 saturated carbocycles. The molecule has 0 radical (unpaired) electrons. The van der Waals surface area contributed by atoms with E-state index in [-0.39, 0.29) is 0 Å². The predicted octanol–water partition coefficient (Wildman–Crippen LogP) is 3.74. The molecule has 1 aliphatic rings. The topological polar surface area (TPSA) is 15.3 Å². The van der Waals surface area contributed by atoms with E-state index in [2.05, 4.69) is 55.5 Å². The van der Waals surface area contributed by atoms with E-state index in [9.17, 15) is 0 Å². The van der Waals surface area contributed by atoms with E-state index in [0.29, 0.717) is 6.04 Å². The van der Waals surface area contributed by atoms with Crippen molar-refractivity contribution in [3.8, 4) is 0 Å². The van der Waals surface area contributed by atoms with Gasteiger partial charge in [-0.05, 0) is 63.4 Å². The Hall–Kier alpha value is -1.02. The average molecular weight is 246 g/mol. The zero-order valence-electron chi connectivity index (χ0n) is 11.9. The lowest BCUT2D eigenvalue weighted by Crippen LogP contribution is -2.25. The molecule has 0 saturated heterocycles. The van der Waals surface area contributed by atoms with Crippen LogP contribution in [0, 0.1) is 5.92 Å². The van der Waals surface area contributed by atoms with Crippen LogP contribution >= 0.6 is 0 Å².